The van der Waals surface area contributed by atoms with Gasteiger partial charge < -0.3 is 9.64 Å². The van der Waals surface area contributed by atoms with Gasteiger partial charge in [-0.25, -0.2) is 0 Å². The number of rotatable bonds is 3. The topological polar surface area (TPSA) is 29.5 Å². The highest BCUT2D eigenvalue weighted by Crippen LogP contribution is 2.21. The Bertz CT molecular complexity index is 455. The molecule has 19 heavy (non-hydrogen) atoms. The van der Waals surface area contributed by atoms with Crippen molar-refractivity contribution in [2.45, 2.75) is 19.8 Å². The largest absolute Gasteiger partial charge is 0.381 e. The van der Waals surface area contributed by atoms with Crippen molar-refractivity contribution < 1.29 is 9.53 Å². The van der Waals surface area contributed by atoms with Crippen molar-refractivity contribution in [2.75, 3.05) is 26.8 Å². The number of carbonyl (C=O) groups is 1. The van der Waals surface area contributed by atoms with Crippen molar-refractivity contribution in [1.29, 1.82) is 0 Å². The molecule has 1 fully saturated rings. The second-order valence-corrected chi connectivity index (χ2v) is 6.11. The van der Waals surface area contributed by atoms with Crippen LogP contribution in [0.25, 0.3) is 0 Å². The minimum absolute atomic E-state index is 0.0705. The summed E-state index contributed by atoms with van der Waals surface area (Å²) in [6.45, 7) is 4.39. The molecule has 1 saturated heterocycles. The maximum absolute atomic E-state index is 12.4. The van der Waals surface area contributed by atoms with Gasteiger partial charge in [-0.1, -0.05) is 11.6 Å². The lowest BCUT2D eigenvalue weighted by Gasteiger charge is -2.27. The van der Waals surface area contributed by atoms with Gasteiger partial charge in [0.1, 0.15) is 0 Å². The van der Waals surface area contributed by atoms with E-state index in [0.717, 1.165) is 48.2 Å². The molecule has 0 radical (unpaired) electrons. The number of hydrogen-bond donors (Lipinski definition) is 0. The van der Waals surface area contributed by atoms with Crippen LogP contribution in [0.4, 0.5) is 0 Å². The zero-order chi connectivity index (χ0) is 13.8. The standard InChI is InChI=1S/C15H20BrNO2/c1-11-5-6-14(16)13(8-11)15(18)17(2)9-12-4-3-7-19-10-12/h5-6,8,12H,3-4,7,9-10H2,1-2H3. The molecule has 1 aromatic rings. The van der Waals surface area contributed by atoms with Crippen molar-refractivity contribution in [3.8, 4) is 0 Å². The molecule has 4 heteroatoms. The zero-order valence-electron chi connectivity index (χ0n) is 11.5. The molecule has 1 aliphatic heterocycles. The molecule has 1 aromatic carbocycles. The fourth-order valence-electron chi connectivity index (χ4n) is 2.43. The van der Waals surface area contributed by atoms with Gasteiger partial charge in [0.2, 0.25) is 0 Å². The summed E-state index contributed by atoms with van der Waals surface area (Å²) in [4.78, 5) is 14.3. The summed E-state index contributed by atoms with van der Waals surface area (Å²) in [5.41, 5.74) is 1.83. The van der Waals surface area contributed by atoms with E-state index in [2.05, 4.69) is 15.9 Å². The van der Waals surface area contributed by atoms with Crippen molar-refractivity contribution in [2.24, 2.45) is 5.92 Å². The van der Waals surface area contributed by atoms with E-state index >= 15 is 0 Å². The Hall–Kier alpha value is -0.870. The van der Waals surface area contributed by atoms with Gasteiger partial charge in [0.05, 0.1) is 12.2 Å². The van der Waals surface area contributed by atoms with Crippen LogP contribution in [0, 0.1) is 12.8 Å². The van der Waals surface area contributed by atoms with Gasteiger partial charge in [-0.05, 0) is 53.7 Å². The van der Waals surface area contributed by atoms with E-state index in [1.807, 2.05) is 32.2 Å². The van der Waals surface area contributed by atoms with Crippen LogP contribution in [0.5, 0.6) is 0 Å². The first-order chi connectivity index (χ1) is 9.08. The van der Waals surface area contributed by atoms with Gasteiger partial charge in [-0.2, -0.15) is 0 Å². The highest BCUT2D eigenvalue weighted by atomic mass is 79.9. The van der Waals surface area contributed by atoms with Crippen LogP contribution >= 0.6 is 15.9 Å². The molecule has 1 unspecified atom stereocenters. The number of benzene rings is 1. The maximum Gasteiger partial charge on any atom is 0.254 e. The molecule has 0 aromatic heterocycles. The summed E-state index contributed by atoms with van der Waals surface area (Å²) >= 11 is 3.45. The van der Waals surface area contributed by atoms with E-state index in [4.69, 9.17) is 4.74 Å². The van der Waals surface area contributed by atoms with E-state index < -0.39 is 0 Å². The Morgan fingerprint density at radius 1 is 1.53 bits per heavy atom. The number of aryl methyl sites for hydroxylation is 1. The van der Waals surface area contributed by atoms with Crippen LogP contribution in [0.15, 0.2) is 22.7 Å². The average molecular weight is 326 g/mol. The molecule has 0 aliphatic carbocycles. The fourth-order valence-corrected chi connectivity index (χ4v) is 2.85. The predicted octanol–water partition coefficient (Wildman–Crippen LogP) is 3.26. The summed E-state index contributed by atoms with van der Waals surface area (Å²) in [5, 5.41) is 0. The summed E-state index contributed by atoms with van der Waals surface area (Å²) in [5.74, 6) is 0.535. The molecule has 0 bridgehead atoms. The number of hydrogen-bond acceptors (Lipinski definition) is 2. The third-order valence-electron chi connectivity index (χ3n) is 3.49. The highest BCUT2D eigenvalue weighted by Gasteiger charge is 2.20. The van der Waals surface area contributed by atoms with Crippen molar-refractivity contribution in [3.63, 3.8) is 0 Å². The average Bonchev–Trinajstić information content (AvgIpc) is 2.42. The number of ether oxygens (including phenoxy) is 1. The monoisotopic (exact) mass is 325 g/mol. The van der Waals surface area contributed by atoms with Crippen molar-refractivity contribution in [1.82, 2.24) is 4.90 Å². The summed E-state index contributed by atoms with van der Waals surface area (Å²) in [6, 6.07) is 5.86. The molecule has 0 N–H and O–H groups in total. The number of nitrogens with zero attached hydrogens (tertiary/aromatic N) is 1. The van der Waals surface area contributed by atoms with Crippen LogP contribution in [0.3, 0.4) is 0 Å². The van der Waals surface area contributed by atoms with Crippen LogP contribution in [0.2, 0.25) is 0 Å². The smallest absolute Gasteiger partial charge is 0.254 e. The lowest BCUT2D eigenvalue weighted by Crippen LogP contribution is -2.35. The second kappa shape index (κ2) is 6.53. The lowest BCUT2D eigenvalue weighted by molar-refractivity contribution is 0.0388. The quantitative estimate of drug-likeness (QED) is 0.853. The Morgan fingerprint density at radius 2 is 2.32 bits per heavy atom. The first-order valence-electron chi connectivity index (χ1n) is 6.67. The van der Waals surface area contributed by atoms with Gasteiger partial charge in [-0.3, -0.25) is 4.79 Å². The maximum atomic E-state index is 12.4. The molecule has 1 heterocycles. The molecule has 3 nitrogen and oxygen atoms in total. The molecule has 1 aliphatic rings. The number of amides is 1. The Morgan fingerprint density at radius 3 is 3.00 bits per heavy atom. The predicted molar refractivity (Wildman–Crippen MR) is 79.4 cm³/mol. The van der Waals surface area contributed by atoms with Crippen LogP contribution in [0.1, 0.15) is 28.8 Å². The van der Waals surface area contributed by atoms with E-state index in [1.54, 1.807) is 4.90 Å². The third kappa shape index (κ3) is 3.80. The van der Waals surface area contributed by atoms with E-state index in [1.165, 1.54) is 0 Å². The van der Waals surface area contributed by atoms with Gasteiger partial charge >= 0.3 is 0 Å². The second-order valence-electron chi connectivity index (χ2n) is 5.25. The minimum atomic E-state index is 0.0705. The SMILES string of the molecule is Cc1ccc(Br)c(C(=O)N(C)CC2CCCOC2)c1. The first-order valence-corrected chi connectivity index (χ1v) is 7.46. The van der Waals surface area contributed by atoms with Crippen molar-refractivity contribution in [3.05, 3.63) is 33.8 Å². The van der Waals surface area contributed by atoms with Crippen LogP contribution < -0.4 is 0 Å². The third-order valence-corrected chi connectivity index (χ3v) is 4.18. The molecular formula is C15H20BrNO2. The summed E-state index contributed by atoms with van der Waals surface area (Å²) in [7, 11) is 1.87. The Labute approximate surface area is 123 Å². The van der Waals surface area contributed by atoms with Crippen LogP contribution in [-0.2, 0) is 4.74 Å². The molecule has 0 saturated carbocycles. The lowest BCUT2D eigenvalue weighted by atomic mass is 10.0. The zero-order valence-corrected chi connectivity index (χ0v) is 13.1. The normalized spacial score (nSPS) is 19.2. The van der Waals surface area contributed by atoms with Gasteiger partial charge in [0.15, 0.2) is 0 Å². The Kier molecular flexibility index (Phi) is 4.99. The van der Waals surface area contributed by atoms with Gasteiger partial charge in [-0.15, -0.1) is 0 Å². The van der Waals surface area contributed by atoms with E-state index in [9.17, 15) is 4.79 Å². The van der Waals surface area contributed by atoms with Gasteiger partial charge in [0, 0.05) is 24.7 Å². The van der Waals surface area contributed by atoms with Gasteiger partial charge in [0.25, 0.3) is 5.91 Å². The highest BCUT2D eigenvalue weighted by molar-refractivity contribution is 9.10. The van der Waals surface area contributed by atoms with E-state index in [0.29, 0.717) is 5.92 Å². The molecule has 2 rings (SSSR count). The number of halogens is 1. The Balaban J connectivity index is 2.03. The fraction of sp³-hybridized carbons (Fsp3) is 0.533. The van der Waals surface area contributed by atoms with E-state index in [-0.39, 0.29) is 5.91 Å². The molecule has 0 spiro atoms. The first kappa shape index (κ1) is 14.5. The molecular weight excluding hydrogens is 306 g/mol. The molecule has 1 amide bonds. The molecule has 104 valence electrons. The summed E-state index contributed by atoms with van der Waals surface area (Å²) in [6.07, 6.45) is 2.24. The molecule has 1 atom stereocenters. The summed E-state index contributed by atoms with van der Waals surface area (Å²) < 4.78 is 6.32. The van der Waals surface area contributed by atoms with Crippen molar-refractivity contribution >= 4 is 21.8 Å². The number of carbonyl (C=O) groups excluding carboxylic acids is 1. The minimum Gasteiger partial charge on any atom is -0.381 e. The van der Waals surface area contributed by atoms with Crippen LogP contribution in [-0.4, -0.2) is 37.6 Å².